The zero-order valence-corrected chi connectivity index (χ0v) is 7.30. The molecule has 0 rings (SSSR count). The Morgan fingerprint density at radius 1 is 1.70 bits per heavy atom. The van der Waals surface area contributed by atoms with Gasteiger partial charge in [0, 0.05) is 13.0 Å². The molecule has 0 saturated carbocycles. The van der Waals surface area contributed by atoms with Crippen LogP contribution in [-0.2, 0) is 0 Å². The molecule has 0 aromatic carbocycles. The van der Waals surface area contributed by atoms with Gasteiger partial charge in [0.2, 0.25) is 0 Å². The minimum Gasteiger partial charge on any atom is -0.317 e. The molecular weight excluding hydrogens is 153 g/mol. The van der Waals surface area contributed by atoms with Crippen molar-refractivity contribution in [3.63, 3.8) is 0 Å². The lowest BCUT2D eigenvalue weighted by Crippen LogP contribution is -2.19. The van der Waals surface area contributed by atoms with Crippen LogP contribution in [0.2, 0.25) is 0 Å². The number of nitrogens with one attached hydrogen (secondary N) is 1. The van der Waals surface area contributed by atoms with Crippen LogP contribution in [0.15, 0.2) is 12.2 Å². The van der Waals surface area contributed by atoms with E-state index in [1.165, 1.54) is 0 Å². The molecule has 0 amide bonds. The average molecular weight is 168 g/mol. The van der Waals surface area contributed by atoms with Gasteiger partial charge in [-0.05, 0) is 14.0 Å². The van der Waals surface area contributed by atoms with Gasteiger partial charge in [-0.3, -0.25) is 0 Å². The molecule has 10 heavy (non-hydrogen) atoms. The highest BCUT2D eigenvalue weighted by atomic mass is 35.5. The van der Waals surface area contributed by atoms with Gasteiger partial charge < -0.3 is 5.32 Å². The molecule has 0 saturated heterocycles. The first-order valence-corrected chi connectivity index (χ1v) is 3.10. The van der Waals surface area contributed by atoms with E-state index in [1.807, 2.05) is 6.92 Å². The van der Waals surface area contributed by atoms with E-state index in [0.717, 1.165) is 5.57 Å². The third-order valence-electron chi connectivity index (χ3n) is 0.996. The molecule has 3 heteroatoms. The summed E-state index contributed by atoms with van der Waals surface area (Å²) in [5.74, 6) is 0. The highest BCUT2D eigenvalue weighted by Crippen LogP contribution is 2.03. The Labute approximate surface area is 68.1 Å². The van der Waals surface area contributed by atoms with Crippen LogP contribution in [0.1, 0.15) is 13.3 Å². The fourth-order valence-corrected chi connectivity index (χ4v) is 0.672. The van der Waals surface area contributed by atoms with E-state index in [2.05, 4.69) is 11.9 Å². The van der Waals surface area contributed by atoms with Gasteiger partial charge in [0.15, 0.2) is 0 Å². The molecule has 0 spiro atoms. The van der Waals surface area contributed by atoms with Crippen LogP contribution in [0.4, 0.5) is 4.39 Å². The molecule has 0 aromatic rings. The van der Waals surface area contributed by atoms with E-state index < -0.39 is 6.17 Å². The van der Waals surface area contributed by atoms with Gasteiger partial charge in [0.1, 0.15) is 6.17 Å². The second-order valence-electron chi connectivity index (χ2n) is 2.32. The number of halogens is 2. The van der Waals surface area contributed by atoms with E-state index in [1.54, 1.807) is 7.05 Å². The predicted molar refractivity (Wildman–Crippen MR) is 45.5 cm³/mol. The van der Waals surface area contributed by atoms with Crippen LogP contribution < -0.4 is 5.32 Å². The minimum absolute atomic E-state index is 0. The van der Waals surface area contributed by atoms with Crippen molar-refractivity contribution in [3.05, 3.63) is 12.2 Å². The third-order valence-corrected chi connectivity index (χ3v) is 0.996. The first-order chi connectivity index (χ1) is 4.16. The van der Waals surface area contributed by atoms with Crippen LogP contribution in [0.3, 0.4) is 0 Å². The monoisotopic (exact) mass is 167 g/mol. The number of allylic oxidation sites excluding steroid dienone is 1. The zero-order valence-electron chi connectivity index (χ0n) is 6.48. The molecule has 62 valence electrons. The molecule has 0 aliphatic carbocycles. The van der Waals surface area contributed by atoms with Crippen molar-refractivity contribution in [1.29, 1.82) is 0 Å². The number of hydrogen-bond acceptors (Lipinski definition) is 1. The number of alkyl halides is 1. The van der Waals surface area contributed by atoms with E-state index in [0.29, 0.717) is 13.0 Å². The maximum atomic E-state index is 12.5. The summed E-state index contributed by atoms with van der Waals surface area (Å²) in [7, 11) is 1.74. The Morgan fingerprint density at radius 3 is 2.50 bits per heavy atom. The number of rotatable bonds is 4. The van der Waals surface area contributed by atoms with Gasteiger partial charge in [0.05, 0.1) is 0 Å². The fourth-order valence-electron chi connectivity index (χ4n) is 0.672. The lowest BCUT2D eigenvalue weighted by molar-refractivity contribution is 0.324. The standard InChI is InChI=1S/C7H14FN.ClH/c1-6(2)4-7(8)5-9-3;/h7,9H,1,4-5H2,2-3H3;1H. The van der Waals surface area contributed by atoms with Gasteiger partial charge in [-0.25, -0.2) is 4.39 Å². The number of hydrogen-bond donors (Lipinski definition) is 1. The van der Waals surface area contributed by atoms with Crippen LogP contribution in [-0.4, -0.2) is 19.8 Å². The molecular formula is C7H15ClFN. The second-order valence-corrected chi connectivity index (χ2v) is 2.32. The summed E-state index contributed by atoms with van der Waals surface area (Å²) in [5.41, 5.74) is 0.901. The normalized spacial score (nSPS) is 11.9. The first kappa shape index (κ1) is 12.6. The Hall–Kier alpha value is -0.0800. The summed E-state index contributed by atoms with van der Waals surface area (Å²) < 4.78 is 12.5. The molecule has 0 bridgehead atoms. The van der Waals surface area contributed by atoms with Crippen molar-refractivity contribution in [1.82, 2.24) is 5.32 Å². The Bertz CT molecular complexity index is 95.6. The highest BCUT2D eigenvalue weighted by Gasteiger charge is 2.02. The molecule has 0 fully saturated rings. The van der Waals surface area contributed by atoms with Crippen molar-refractivity contribution >= 4 is 12.4 Å². The molecule has 0 heterocycles. The van der Waals surface area contributed by atoms with Crippen molar-refractivity contribution in [2.75, 3.05) is 13.6 Å². The lowest BCUT2D eigenvalue weighted by Gasteiger charge is -2.05. The van der Waals surface area contributed by atoms with Crippen molar-refractivity contribution < 1.29 is 4.39 Å². The molecule has 0 aromatic heterocycles. The van der Waals surface area contributed by atoms with Gasteiger partial charge in [0.25, 0.3) is 0 Å². The first-order valence-electron chi connectivity index (χ1n) is 3.10. The van der Waals surface area contributed by atoms with Crippen molar-refractivity contribution in [2.24, 2.45) is 0 Å². The average Bonchev–Trinajstić information content (AvgIpc) is 1.63. The predicted octanol–water partition coefficient (Wildman–Crippen LogP) is 1.93. The van der Waals surface area contributed by atoms with Crippen LogP contribution in [0, 0.1) is 0 Å². The largest absolute Gasteiger partial charge is 0.317 e. The zero-order chi connectivity index (χ0) is 7.28. The van der Waals surface area contributed by atoms with E-state index >= 15 is 0 Å². The molecule has 0 aliphatic rings. The maximum Gasteiger partial charge on any atom is 0.116 e. The second kappa shape index (κ2) is 7.03. The summed E-state index contributed by atoms with van der Waals surface area (Å²) in [6, 6.07) is 0. The molecule has 0 aliphatic heterocycles. The van der Waals surface area contributed by atoms with Gasteiger partial charge >= 0.3 is 0 Å². The summed E-state index contributed by atoms with van der Waals surface area (Å²) in [6.07, 6.45) is -0.298. The summed E-state index contributed by atoms with van der Waals surface area (Å²) in [6.45, 7) is 5.87. The van der Waals surface area contributed by atoms with Crippen molar-refractivity contribution in [2.45, 2.75) is 19.5 Å². The van der Waals surface area contributed by atoms with Crippen molar-refractivity contribution in [3.8, 4) is 0 Å². The van der Waals surface area contributed by atoms with Gasteiger partial charge in [-0.1, -0.05) is 5.57 Å². The quantitative estimate of drug-likeness (QED) is 0.631. The minimum atomic E-state index is -0.771. The molecule has 1 nitrogen and oxygen atoms in total. The molecule has 0 radical (unpaired) electrons. The topological polar surface area (TPSA) is 12.0 Å². The maximum absolute atomic E-state index is 12.5. The fraction of sp³-hybridized carbons (Fsp3) is 0.714. The summed E-state index contributed by atoms with van der Waals surface area (Å²) >= 11 is 0. The van der Waals surface area contributed by atoms with E-state index in [9.17, 15) is 4.39 Å². The van der Waals surface area contributed by atoms with Gasteiger partial charge in [-0.2, -0.15) is 0 Å². The Kier molecular flexibility index (Phi) is 8.85. The SMILES string of the molecule is C=C(C)CC(F)CNC.Cl. The van der Waals surface area contributed by atoms with E-state index in [-0.39, 0.29) is 12.4 Å². The van der Waals surface area contributed by atoms with Crippen LogP contribution >= 0.6 is 12.4 Å². The third kappa shape index (κ3) is 7.92. The lowest BCUT2D eigenvalue weighted by atomic mass is 10.2. The smallest absolute Gasteiger partial charge is 0.116 e. The summed E-state index contributed by atoms with van der Waals surface area (Å²) in [4.78, 5) is 0. The van der Waals surface area contributed by atoms with Crippen LogP contribution in [0.5, 0.6) is 0 Å². The molecule has 1 unspecified atom stereocenters. The highest BCUT2D eigenvalue weighted by molar-refractivity contribution is 5.85. The molecule has 1 N–H and O–H groups in total. The summed E-state index contributed by atoms with van der Waals surface area (Å²) in [5, 5.41) is 2.76. The van der Waals surface area contributed by atoms with Crippen LogP contribution in [0.25, 0.3) is 0 Å². The Morgan fingerprint density at radius 2 is 2.20 bits per heavy atom. The Balaban J connectivity index is 0. The molecule has 1 atom stereocenters. The van der Waals surface area contributed by atoms with Gasteiger partial charge in [-0.15, -0.1) is 19.0 Å². The van der Waals surface area contributed by atoms with E-state index in [4.69, 9.17) is 0 Å².